The Bertz CT molecular complexity index is 1250. The largest absolute Gasteiger partial charge is 0.394 e. The summed E-state index contributed by atoms with van der Waals surface area (Å²) < 4.78 is 13.4. The van der Waals surface area contributed by atoms with Crippen molar-refractivity contribution in [3.63, 3.8) is 0 Å². The minimum Gasteiger partial charge on any atom is -0.394 e. The maximum absolute atomic E-state index is 13.4. The van der Waals surface area contributed by atoms with Crippen molar-refractivity contribution in [2.75, 3.05) is 25.1 Å². The molecule has 5 nitrogen and oxygen atoms in total. The van der Waals surface area contributed by atoms with Gasteiger partial charge in [-0.1, -0.05) is 18.2 Å². The summed E-state index contributed by atoms with van der Waals surface area (Å²) in [5.74, 6) is -0.427. The van der Waals surface area contributed by atoms with Crippen LogP contribution in [0.1, 0.15) is 33.9 Å². The van der Waals surface area contributed by atoms with Crippen molar-refractivity contribution >= 4 is 11.6 Å². The zero-order valence-corrected chi connectivity index (χ0v) is 18.3. The van der Waals surface area contributed by atoms with E-state index in [-0.39, 0.29) is 36.3 Å². The van der Waals surface area contributed by atoms with Crippen LogP contribution in [0, 0.1) is 23.1 Å². The van der Waals surface area contributed by atoms with E-state index < -0.39 is 0 Å². The first-order chi connectivity index (χ1) is 16.0. The van der Waals surface area contributed by atoms with Gasteiger partial charge in [0.25, 0.3) is 5.91 Å². The second-order valence-corrected chi connectivity index (χ2v) is 8.73. The van der Waals surface area contributed by atoms with Crippen LogP contribution in [0.25, 0.3) is 11.1 Å². The highest BCUT2D eigenvalue weighted by atomic mass is 19.1. The van der Waals surface area contributed by atoms with Crippen LogP contribution in [0.3, 0.4) is 0 Å². The van der Waals surface area contributed by atoms with Crippen LogP contribution in [0.5, 0.6) is 0 Å². The number of likely N-dealkylation sites (N-methyl/N-ethyl adjacent to an activating group) is 1. The van der Waals surface area contributed by atoms with Crippen LogP contribution in [0.15, 0.2) is 66.7 Å². The van der Waals surface area contributed by atoms with Crippen LogP contribution < -0.4 is 4.90 Å². The maximum Gasteiger partial charge on any atom is 0.254 e. The molecule has 3 aromatic rings. The fourth-order valence-corrected chi connectivity index (χ4v) is 5.39. The van der Waals surface area contributed by atoms with Gasteiger partial charge >= 0.3 is 0 Å². The first-order valence-corrected chi connectivity index (χ1v) is 11.1. The van der Waals surface area contributed by atoms with Gasteiger partial charge in [-0.2, -0.15) is 5.26 Å². The number of nitriles is 1. The lowest BCUT2D eigenvalue weighted by molar-refractivity contribution is 0.0694. The van der Waals surface area contributed by atoms with Crippen molar-refractivity contribution in [3.05, 3.63) is 89.2 Å². The number of anilines is 1. The molecule has 0 unspecified atom stereocenters. The molecule has 1 amide bonds. The average Bonchev–Trinajstić information content (AvgIpc) is 3.29. The lowest BCUT2D eigenvalue weighted by Gasteiger charge is -2.44. The number of amides is 1. The minimum absolute atomic E-state index is 0.00164. The highest BCUT2D eigenvalue weighted by molar-refractivity contribution is 5.95. The predicted molar refractivity (Wildman–Crippen MR) is 124 cm³/mol. The summed E-state index contributed by atoms with van der Waals surface area (Å²) >= 11 is 0. The van der Waals surface area contributed by atoms with Crippen molar-refractivity contribution < 1.29 is 14.3 Å². The fourth-order valence-electron chi connectivity index (χ4n) is 5.39. The predicted octanol–water partition coefficient (Wildman–Crippen LogP) is 4.38. The number of halogens is 1. The molecule has 0 saturated carbocycles. The van der Waals surface area contributed by atoms with Gasteiger partial charge in [-0.05, 0) is 71.6 Å². The molecule has 1 N–H and O–H groups in total. The number of nitrogens with zero attached hydrogens (tertiary/aromatic N) is 3. The zero-order valence-electron chi connectivity index (χ0n) is 18.3. The third-order valence-electron chi connectivity index (χ3n) is 7.03. The number of carbonyl (C=O) groups is 1. The van der Waals surface area contributed by atoms with E-state index in [1.54, 1.807) is 6.07 Å². The van der Waals surface area contributed by atoms with Crippen molar-refractivity contribution in [1.82, 2.24) is 4.90 Å². The molecule has 33 heavy (non-hydrogen) atoms. The zero-order chi connectivity index (χ0) is 23.1. The number of carbonyl (C=O) groups excluding carboxylic acids is 1. The molecule has 0 radical (unpaired) electrons. The van der Waals surface area contributed by atoms with E-state index in [9.17, 15) is 19.6 Å². The number of hydrogen-bond acceptors (Lipinski definition) is 4. The van der Waals surface area contributed by atoms with Gasteiger partial charge in [0, 0.05) is 30.8 Å². The van der Waals surface area contributed by atoms with Crippen LogP contribution in [-0.4, -0.2) is 42.2 Å². The molecule has 0 spiro atoms. The molecule has 2 aliphatic rings. The number of likely N-dealkylation sites (tertiary alicyclic amines) is 1. The van der Waals surface area contributed by atoms with Gasteiger partial charge in [0.05, 0.1) is 30.3 Å². The van der Waals surface area contributed by atoms with Crippen LogP contribution in [-0.2, 0) is 0 Å². The molecule has 3 atom stereocenters. The summed E-state index contributed by atoms with van der Waals surface area (Å²) in [4.78, 5) is 17.4. The molecular weight excluding hydrogens is 417 g/mol. The lowest BCUT2D eigenvalue weighted by atomic mass is 9.81. The van der Waals surface area contributed by atoms with E-state index in [1.807, 2.05) is 42.3 Å². The molecule has 1 saturated heterocycles. The molecule has 0 aliphatic carbocycles. The number of fused-ring (bicyclic) bond motifs is 3. The maximum atomic E-state index is 13.4. The highest BCUT2D eigenvalue weighted by Gasteiger charge is 2.47. The molecule has 1 fully saturated rings. The van der Waals surface area contributed by atoms with E-state index in [0.717, 1.165) is 28.8 Å². The average molecular weight is 442 g/mol. The van der Waals surface area contributed by atoms with Crippen molar-refractivity contribution in [2.45, 2.75) is 18.5 Å². The molecule has 6 heteroatoms. The molecule has 0 bridgehead atoms. The summed E-state index contributed by atoms with van der Waals surface area (Å²) in [5.41, 5.74) is 4.97. The van der Waals surface area contributed by atoms with E-state index in [0.29, 0.717) is 17.7 Å². The van der Waals surface area contributed by atoms with Gasteiger partial charge < -0.3 is 14.9 Å². The van der Waals surface area contributed by atoms with Crippen LogP contribution in [0.2, 0.25) is 0 Å². The topological polar surface area (TPSA) is 67.6 Å². The molecule has 5 rings (SSSR count). The Hall–Kier alpha value is -3.69. The fraction of sp³-hybridized carbons (Fsp3) is 0.259. The van der Waals surface area contributed by atoms with Crippen molar-refractivity contribution in [1.29, 1.82) is 5.26 Å². The number of aliphatic hydroxyl groups is 1. The summed E-state index contributed by atoms with van der Waals surface area (Å²) in [5, 5.41) is 19.5. The van der Waals surface area contributed by atoms with E-state index in [2.05, 4.69) is 17.0 Å². The molecule has 166 valence electrons. The Labute approximate surface area is 192 Å². The second kappa shape index (κ2) is 8.34. The minimum atomic E-state index is -0.375. The van der Waals surface area contributed by atoms with Gasteiger partial charge in [0.15, 0.2) is 0 Å². The smallest absolute Gasteiger partial charge is 0.254 e. The summed E-state index contributed by atoms with van der Waals surface area (Å²) in [7, 11) is 1.98. The Morgan fingerprint density at radius 3 is 2.61 bits per heavy atom. The summed E-state index contributed by atoms with van der Waals surface area (Å²) in [6, 6.07) is 21.2. The summed E-state index contributed by atoms with van der Waals surface area (Å²) in [6.45, 7) is 0.575. The van der Waals surface area contributed by atoms with Crippen molar-refractivity contribution in [3.8, 4) is 17.2 Å². The monoisotopic (exact) mass is 441 g/mol. The molecule has 0 aromatic heterocycles. The third-order valence-corrected chi connectivity index (χ3v) is 7.03. The number of benzene rings is 3. The third kappa shape index (κ3) is 3.55. The first kappa shape index (κ1) is 21.2. The quantitative estimate of drug-likeness (QED) is 0.655. The second-order valence-electron chi connectivity index (χ2n) is 8.73. The molecule has 2 aliphatic heterocycles. The lowest BCUT2D eigenvalue weighted by Crippen LogP contribution is -2.48. The standard InChI is InChI=1S/C27H24FN3O2/c1-30-24-10-7-20(19-4-2-3-17(13-19)15-29)14-23(24)26-22(25(30)16-32)11-12-31(26)27(33)18-5-8-21(28)9-6-18/h2-10,13-14,22,25-26,32H,11-12,16H2,1H3/t22-,25+,26-/m0/s1. The number of aliphatic hydroxyl groups excluding tert-OH is 1. The van der Waals surface area contributed by atoms with Crippen molar-refractivity contribution in [2.24, 2.45) is 5.92 Å². The number of hydrogen-bond donors (Lipinski definition) is 1. The Morgan fingerprint density at radius 1 is 1.12 bits per heavy atom. The number of rotatable bonds is 3. The van der Waals surface area contributed by atoms with Gasteiger partial charge in [-0.25, -0.2) is 4.39 Å². The van der Waals surface area contributed by atoms with E-state index >= 15 is 0 Å². The van der Waals surface area contributed by atoms with Gasteiger partial charge in [0.1, 0.15) is 5.82 Å². The van der Waals surface area contributed by atoms with Gasteiger partial charge in [-0.15, -0.1) is 0 Å². The van der Waals surface area contributed by atoms with Crippen LogP contribution >= 0.6 is 0 Å². The first-order valence-electron chi connectivity index (χ1n) is 11.1. The molecule has 3 aromatic carbocycles. The Kier molecular flexibility index (Phi) is 5.35. The van der Waals surface area contributed by atoms with E-state index in [4.69, 9.17) is 0 Å². The highest BCUT2D eigenvalue weighted by Crippen LogP contribution is 2.49. The SMILES string of the molecule is CN1c2ccc(-c3cccc(C#N)c3)cc2[C@@H]2[C@@H](CCN2C(=O)c2ccc(F)cc2)[C@H]1CO. The molecular formula is C27H24FN3O2. The van der Waals surface area contributed by atoms with E-state index in [1.165, 1.54) is 24.3 Å². The normalized spacial score (nSPS) is 21.3. The summed E-state index contributed by atoms with van der Waals surface area (Å²) in [6.07, 6.45) is 0.779. The van der Waals surface area contributed by atoms with Gasteiger partial charge in [0.2, 0.25) is 0 Å². The Morgan fingerprint density at radius 2 is 1.88 bits per heavy atom. The Balaban J connectivity index is 1.60. The van der Waals surface area contributed by atoms with Crippen LogP contribution in [0.4, 0.5) is 10.1 Å². The van der Waals surface area contributed by atoms with Gasteiger partial charge in [-0.3, -0.25) is 4.79 Å². The molecule has 2 heterocycles.